The highest BCUT2D eigenvalue weighted by Gasteiger charge is 2.37. The molecular weight excluding hydrogens is 391 g/mol. The molecule has 0 N–H and O–H groups in total. The van der Waals surface area contributed by atoms with Crippen LogP contribution in [0.25, 0.3) is 0 Å². The predicted octanol–water partition coefficient (Wildman–Crippen LogP) is 5.15. The molecule has 4 rings (SSSR count). The second-order valence-corrected chi connectivity index (χ2v) is 8.70. The van der Waals surface area contributed by atoms with Crippen molar-refractivity contribution in [2.45, 2.75) is 44.7 Å². The van der Waals surface area contributed by atoms with Gasteiger partial charge in [0, 0.05) is 12.6 Å². The molecule has 0 aromatic heterocycles. The van der Waals surface area contributed by atoms with Crippen LogP contribution < -0.4 is 0 Å². The largest absolute Gasteiger partial charge is 0.333 e. The van der Waals surface area contributed by atoms with Crippen molar-refractivity contribution in [3.8, 4) is 0 Å². The molecule has 148 valence electrons. The number of carbonyl (C=O) groups excluding carboxylic acids is 1. The Morgan fingerprint density at radius 3 is 2.57 bits per heavy atom. The zero-order valence-corrected chi connectivity index (χ0v) is 17.7. The summed E-state index contributed by atoms with van der Waals surface area (Å²) in [7, 11) is 0. The van der Waals surface area contributed by atoms with E-state index in [1.807, 2.05) is 6.07 Å². The summed E-state index contributed by atoms with van der Waals surface area (Å²) in [6, 6.07) is 14.5. The van der Waals surface area contributed by atoms with Crippen molar-refractivity contribution in [1.29, 1.82) is 0 Å². The minimum Gasteiger partial charge on any atom is -0.333 e. The van der Waals surface area contributed by atoms with Crippen molar-refractivity contribution in [2.24, 2.45) is 0 Å². The number of amides is 1. The number of fused-ring (bicyclic) bond motifs is 1. The zero-order valence-electron chi connectivity index (χ0n) is 16.2. The van der Waals surface area contributed by atoms with Gasteiger partial charge in [-0.25, -0.2) is 0 Å². The minimum absolute atomic E-state index is 0.0957. The van der Waals surface area contributed by atoms with Gasteiger partial charge in [-0.05, 0) is 68.1 Å². The number of carbonyl (C=O) groups is 1. The molecule has 0 aliphatic carbocycles. The molecule has 28 heavy (non-hydrogen) atoms. The Kier molecular flexibility index (Phi) is 5.96. The van der Waals surface area contributed by atoms with Gasteiger partial charge in [0.25, 0.3) is 0 Å². The first kappa shape index (κ1) is 19.8. The van der Waals surface area contributed by atoms with E-state index in [0.29, 0.717) is 22.5 Å². The fourth-order valence-electron chi connectivity index (χ4n) is 4.67. The van der Waals surface area contributed by atoms with Gasteiger partial charge < -0.3 is 4.90 Å². The summed E-state index contributed by atoms with van der Waals surface area (Å²) in [5, 5.41) is 1.02. The molecular formula is C23H26Cl2N2O. The maximum Gasteiger partial charge on any atom is 0.227 e. The van der Waals surface area contributed by atoms with Crippen LogP contribution in [0, 0.1) is 0 Å². The van der Waals surface area contributed by atoms with Crippen LogP contribution in [0.4, 0.5) is 0 Å². The third kappa shape index (κ3) is 3.94. The van der Waals surface area contributed by atoms with Crippen molar-refractivity contribution in [1.82, 2.24) is 9.80 Å². The molecule has 2 heterocycles. The van der Waals surface area contributed by atoms with Crippen LogP contribution in [0.1, 0.15) is 42.5 Å². The average Bonchev–Trinajstić information content (AvgIpc) is 3.24. The van der Waals surface area contributed by atoms with E-state index in [9.17, 15) is 4.79 Å². The van der Waals surface area contributed by atoms with E-state index in [0.717, 1.165) is 31.6 Å². The molecule has 2 aromatic carbocycles. The molecule has 5 heteroatoms. The van der Waals surface area contributed by atoms with Crippen LogP contribution in [0.15, 0.2) is 42.5 Å². The molecule has 0 spiro atoms. The molecule has 3 nitrogen and oxygen atoms in total. The fraction of sp³-hybridized carbons (Fsp3) is 0.435. The lowest BCUT2D eigenvalue weighted by Crippen LogP contribution is -2.49. The van der Waals surface area contributed by atoms with Gasteiger partial charge >= 0.3 is 0 Å². The van der Waals surface area contributed by atoms with E-state index in [-0.39, 0.29) is 11.9 Å². The Hall–Kier alpha value is -1.55. The third-order valence-electron chi connectivity index (χ3n) is 6.16. The first-order chi connectivity index (χ1) is 13.5. The number of hydrogen-bond donors (Lipinski definition) is 0. The van der Waals surface area contributed by atoms with E-state index in [1.165, 1.54) is 24.0 Å². The lowest BCUT2D eigenvalue weighted by Gasteiger charge is -2.43. The maximum atomic E-state index is 13.3. The Bertz CT molecular complexity index is 863. The molecule has 2 atom stereocenters. The number of hydrogen-bond acceptors (Lipinski definition) is 2. The number of rotatable bonds is 4. The number of nitrogens with zero attached hydrogens (tertiary/aromatic N) is 2. The smallest absolute Gasteiger partial charge is 0.227 e. The summed E-state index contributed by atoms with van der Waals surface area (Å²) in [6.07, 6.45) is 3.75. The lowest BCUT2D eigenvalue weighted by atomic mass is 9.87. The molecule has 2 aliphatic rings. The van der Waals surface area contributed by atoms with Gasteiger partial charge in [-0.15, -0.1) is 0 Å². The molecule has 1 saturated heterocycles. The molecule has 0 bridgehead atoms. The number of benzene rings is 2. The van der Waals surface area contributed by atoms with Gasteiger partial charge in [-0.2, -0.15) is 0 Å². The highest BCUT2D eigenvalue weighted by Crippen LogP contribution is 2.36. The number of halogens is 2. The summed E-state index contributed by atoms with van der Waals surface area (Å²) in [5.74, 6) is 0.156. The summed E-state index contributed by atoms with van der Waals surface area (Å²) >= 11 is 12.2. The van der Waals surface area contributed by atoms with Crippen molar-refractivity contribution >= 4 is 29.1 Å². The van der Waals surface area contributed by atoms with Crippen LogP contribution in [0.2, 0.25) is 10.0 Å². The maximum absolute atomic E-state index is 13.3. The van der Waals surface area contributed by atoms with Crippen LogP contribution in [-0.4, -0.2) is 41.4 Å². The minimum atomic E-state index is 0.0957. The molecule has 2 aromatic rings. The van der Waals surface area contributed by atoms with Gasteiger partial charge in [-0.1, -0.05) is 53.5 Å². The first-order valence-corrected chi connectivity index (χ1v) is 10.9. The fourth-order valence-corrected chi connectivity index (χ4v) is 4.99. The van der Waals surface area contributed by atoms with Gasteiger partial charge in [0.15, 0.2) is 0 Å². The SMILES string of the molecule is CC(C1c2ccccc2CCN1C(=O)Cc1ccc(Cl)c(Cl)c1)N1CCCC1. The summed E-state index contributed by atoms with van der Waals surface area (Å²) in [4.78, 5) is 18.0. The van der Waals surface area contributed by atoms with E-state index >= 15 is 0 Å². The molecule has 1 fully saturated rings. The highest BCUT2D eigenvalue weighted by atomic mass is 35.5. The van der Waals surface area contributed by atoms with Gasteiger partial charge in [-0.3, -0.25) is 9.69 Å². The van der Waals surface area contributed by atoms with Crippen molar-refractivity contribution in [2.75, 3.05) is 19.6 Å². The van der Waals surface area contributed by atoms with Gasteiger partial charge in [0.05, 0.1) is 22.5 Å². The van der Waals surface area contributed by atoms with Crippen molar-refractivity contribution < 1.29 is 4.79 Å². The number of likely N-dealkylation sites (tertiary alicyclic amines) is 1. The van der Waals surface area contributed by atoms with E-state index in [2.05, 4.69) is 41.0 Å². The Labute approximate surface area is 177 Å². The summed E-state index contributed by atoms with van der Waals surface area (Å²) < 4.78 is 0. The van der Waals surface area contributed by atoms with E-state index in [4.69, 9.17) is 23.2 Å². The second kappa shape index (κ2) is 8.44. The summed E-state index contributed by atoms with van der Waals surface area (Å²) in [6.45, 7) is 5.28. The van der Waals surface area contributed by atoms with Crippen LogP contribution >= 0.6 is 23.2 Å². The molecule has 0 radical (unpaired) electrons. The Morgan fingerprint density at radius 1 is 1.07 bits per heavy atom. The Balaban J connectivity index is 1.62. The molecule has 2 unspecified atom stereocenters. The quantitative estimate of drug-likeness (QED) is 0.687. The van der Waals surface area contributed by atoms with Crippen LogP contribution in [-0.2, 0) is 17.6 Å². The molecule has 1 amide bonds. The Morgan fingerprint density at radius 2 is 1.82 bits per heavy atom. The van der Waals surface area contributed by atoms with Gasteiger partial charge in [0.1, 0.15) is 0 Å². The third-order valence-corrected chi connectivity index (χ3v) is 6.90. The standard InChI is InChI=1S/C23H26Cl2N2O/c1-16(26-11-4-5-12-26)23-19-7-3-2-6-18(19)10-13-27(23)22(28)15-17-8-9-20(24)21(25)14-17/h2-3,6-9,14,16,23H,4-5,10-13,15H2,1H3. The monoisotopic (exact) mass is 416 g/mol. The average molecular weight is 417 g/mol. The van der Waals surface area contributed by atoms with Gasteiger partial charge in [0.2, 0.25) is 5.91 Å². The normalized spacial score (nSPS) is 20.8. The first-order valence-electron chi connectivity index (χ1n) is 10.1. The second-order valence-electron chi connectivity index (χ2n) is 7.89. The van der Waals surface area contributed by atoms with Crippen molar-refractivity contribution in [3.05, 3.63) is 69.2 Å². The molecule has 2 aliphatic heterocycles. The highest BCUT2D eigenvalue weighted by molar-refractivity contribution is 6.42. The zero-order chi connectivity index (χ0) is 19.7. The van der Waals surface area contributed by atoms with Crippen LogP contribution in [0.5, 0.6) is 0 Å². The topological polar surface area (TPSA) is 23.6 Å². The lowest BCUT2D eigenvalue weighted by molar-refractivity contribution is -0.135. The van der Waals surface area contributed by atoms with Crippen LogP contribution in [0.3, 0.4) is 0 Å². The van der Waals surface area contributed by atoms with Crippen molar-refractivity contribution in [3.63, 3.8) is 0 Å². The molecule has 0 saturated carbocycles. The van der Waals surface area contributed by atoms with E-state index in [1.54, 1.807) is 12.1 Å². The van der Waals surface area contributed by atoms with E-state index < -0.39 is 0 Å². The summed E-state index contributed by atoms with van der Waals surface area (Å²) in [5.41, 5.74) is 3.58. The predicted molar refractivity (Wildman–Crippen MR) is 115 cm³/mol.